The van der Waals surface area contributed by atoms with Crippen molar-refractivity contribution in [1.29, 1.82) is 5.26 Å². The highest BCUT2D eigenvalue weighted by Gasteiger charge is 2.16. The average molecular weight is 401 g/mol. The van der Waals surface area contributed by atoms with Gasteiger partial charge in [-0.3, -0.25) is 4.79 Å². The van der Waals surface area contributed by atoms with Gasteiger partial charge in [0.15, 0.2) is 11.5 Å². The van der Waals surface area contributed by atoms with Crippen molar-refractivity contribution >= 4 is 17.5 Å². The van der Waals surface area contributed by atoms with Crippen molar-refractivity contribution in [2.45, 2.75) is 18.9 Å². The van der Waals surface area contributed by atoms with Crippen LogP contribution in [0.4, 0.5) is 4.39 Å². The number of benzene rings is 2. The number of carbonyl (C=O) groups is 1. The smallest absolute Gasteiger partial charge is 0.221 e. The molecule has 0 fully saturated rings. The second kappa shape index (κ2) is 10.2. The van der Waals surface area contributed by atoms with E-state index < -0.39 is 11.9 Å². The van der Waals surface area contributed by atoms with E-state index in [2.05, 4.69) is 11.2 Å². The molecule has 2 rings (SSSR count). The van der Waals surface area contributed by atoms with E-state index in [1.807, 2.05) is 6.07 Å². The summed E-state index contributed by atoms with van der Waals surface area (Å²) in [5, 5.41) is 11.8. The van der Waals surface area contributed by atoms with E-state index in [1.54, 1.807) is 18.2 Å². The Morgan fingerprint density at radius 3 is 2.75 bits per heavy atom. The van der Waals surface area contributed by atoms with E-state index in [9.17, 15) is 14.4 Å². The second-order valence-electron chi connectivity index (χ2n) is 5.78. The molecule has 0 spiro atoms. The standard InChI is InChI=1S/C21H18ClFN2O3/c1-3-10-28-19-8-4-14(11-20(19)27-2)5-9-21(26)25-18(13-24)15-6-7-16(22)17(23)12-15/h1,4,6-8,11-12,18H,5,9-10H2,2H3,(H,25,26). The first kappa shape index (κ1) is 21.1. The molecule has 0 heterocycles. The normalized spacial score (nSPS) is 11.0. The molecule has 0 saturated carbocycles. The number of methoxy groups -OCH3 is 1. The molecule has 0 radical (unpaired) electrons. The number of hydrogen-bond acceptors (Lipinski definition) is 4. The lowest BCUT2D eigenvalue weighted by Gasteiger charge is -2.13. The van der Waals surface area contributed by atoms with Gasteiger partial charge < -0.3 is 14.8 Å². The lowest BCUT2D eigenvalue weighted by Crippen LogP contribution is -2.27. The van der Waals surface area contributed by atoms with Gasteiger partial charge in [-0.05, 0) is 41.8 Å². The van der Waals surface area contributed by atoms with Crippen molar-refractivity contribution in [3.05, 3.63) is 58.4 Å². The van der Waals surface area contributed by atoms with E-state index in [0.29, 0.717) is 23.5 Å². The van der Waals surface area contributed by atoms with E-state index >= 15 is 0 Å². The predicted octanol–water partition coefficient (Wildman–Crippen LogP) is 3.81. The predicted molar refractivity (Wildman–Crippen MR) is 104 cm³/mol. The van der Waals surface area contributed by atoms with Crippen LogP contribution in [0, 0.1) is 29.5 Å². The Balaban J connectivity index is 1.98. The maximum atomic E-state index is 13.6. The molecule has 0 aliphatic rings. The number of carbonyl (C=O) groups excluding carboxylic acids is 1. The number of nitrogens with one attached hydrogen (secondary N) is 1. The first-order chi connectivity index (χ1) is 13.5. The van der Waals surface area contributed by atoms with Crippen molar-refractivity contribution in [3.63, 3.8) is 0 Å². The zero-order valence-corrected chi connectivity index (χ0v) is 15.9. The van der Waals surface area contributed by atoms with Gasteiger partial charge in [0.2, 0.25) is 5.91 Å². The summed E-state index contributed by atoms with van der Waals surface area (Å²) in [6.45, 7) is 0.124. The van der Waals surface area contributed by atoms with Crippen molar-refractivity contribution in [3.8, 4) is 29.9 Å². The van der Waals surface area contributed by atoms with Crippen molar-refractivity contribution in [2.24, 2.45) is 0 Å². The molecule has 5 nitrogen and oxygen atoms in total. The number of hydrogen-bond donors (Lipinski definition) is 1. The number of terminal acetylenes is 1. The Morgan fingerprint density at radius 2 is 2.11 bits per heavy atom. The van der Waals surface area contributed by atoms with Gasteiger partial charge in [0, 0.05) is 6.42 Å². The van der Waals surface area contributed by atoms with Gasteiger partial charge in [0.1, 0.15) is 18.5 Å². The highest BCUT2D eigenvalue weighted by Crippen LogP contribution is 2.28. The molecule has 144 valence electrons. The second-order valence-corrected chi connectivity index (χ2v) is 6.19. The minimum Gasteiger partial charge on any atom is -0.493 e. The van der Waals surface area contributed by atoms with Crippen LogP contribution in [0.15, 0.2) is 36.4 Å². The number of halogens is 2. The molecule has 0 aliphatic carbocycles. The van der Waals surface area contributed by atoms with Gasteiger partial charge in [0.05, 0.1) is 18.2 Å². The molecular formula is C21H18ClFN2O3. The Morgan fingerprint density at radius 1 is 1.32 bits per heavy atom. The van der Waals surface area contributed by atoms with E-state index in [-0.39, 0.29) is 24.0 Å². The van der Waals surface area contributed by atoms with Gasteiger partial charge in [-0.15, -0.1) is 6.42 Å². The summed E-state index contributed by atoms with van der Waals surface area (Å²) in [5.74, 6) is 2.42. The Bertz CT molecular complexity index is 934. The summed E-state index contributed by atoms with van der Waals surface area (Å²) < 4.78 is 24.2. The fraction of sp³-hybridized carbons (Fsp3) is 0.238. The Kier molecular flexibility index (Phi) is 7.68. The van der Waals surface area contributed by atoms with Crippen LogP contribution in [0.5, 0.6) is 11.5 Å². The maximum Gasteiger partial charge on any atom is 0.221 e. The van der Waals surface area contributed by atoms with Crippen LogP contribution < -0.4 is 14.8 Å². The number of nitriles is 1. The summed E-state index contributed by atoms with van der Waals surface area (Å²) in [6, 6.07) is 10.2. The van der Waals surface area contributed by atoms with Crippen molar-refractivity contribution < 1.29 is 18.7 Å². The monoisotopic (exact) mass is 400 g/mol. The zero-order chi connectivity index (χ0) is 20.5. The fourth-order valence-electron chi connectivity index (χ4n) is 2.48. The highest BCUT2D eigenvalue weighted by atomic mass is 35.5. The lowest BCUT2D eigenvalue weighted by molar-refractivity contribution is -0.121. The van der Waals surface area contributed by atoms with Crippen LogP contribution in [0.25, 0.3) is 0 Å². The van der Waals surface area contributed by atoms with Crippen LogP contribution in [-0.4, -0.2) is 19.6 Å². The lowest BCUT2D eigenvalue weighted by atomic mass is 10.1. The van der Waals surface area contributed by atoms with E-state index in [0.717, 1.165) is 11.6 Å². The molecule has 0 aromatic heterocycles. The number of amides is 1. The first-order valence-corrected chi connectivity index (χ1v) is 8.73. The average Bonchev–Trinajstić information content (AvgIpc) is 2.71. The van der Waals surface area contributed by atoms with Crippen molar-refractivity contribution in [2.75, 3.05) is 13.7 Å². The molecule has 1 atom stereocenters. The maximum absolute atomic E-state index is 13.6. The summed E-state index contributed by atoms with van der Waals surface area (Å²) in [4.78, 5) is 12.2. The topological polar surface area (TPSA) is 71.3 Å². The summed E-state index contributed by atoms with van der Waals surface area (Å²) in [5.41, 5.74) is 1.18. The highest BCUT2D eigenvalue weighted by molar-refractivity contribution is 6.30. The number of aryl methyl sites for hydroxylation is 1. The molecule has 0 bridgehead atoms. The number of nitrogens with zero attached hydrogens (tertiary/aromatic N) is 1. The molecule has 28 heavy (non-hydrogen) atoms. The zero-order valence-electron chi connectivity index (χ0n) is 15.2. The van der Waals surface area contributed by atoms with Gasteiger partial charge in [0.25, 0.3) is 0 Å². The SMILES string of the molecule is C#CCOc1ccc(CCC(=O)NC(C#N)c2ccc(Cl)c(F)c2)cc1OC. The number of rotatable bonds is 8. The van der Waals surface area contributed by atoms with E-state index in [4.69, 9.17) is 27.5 Å². The van der Waals surface area contributed by atoms with Gasteiger partial charge >= 0.3 is 0 Å². The number of ether oxygens (including phenoxy) is 2. The quantitative estimate of drug-likeness (QED) is 0.684. The molecule has 7 heteroatoms. The fourth-order valence-corrected chi connectivity index (χ4v) is 2.60. The van der Waals surface area contributed by atoms with E-state index in [1.165, 1.54) is 19.2 Å². The van der Waals surface area contributed by atoms with Crippen LogP contribution >= 0.6 is 11.6 Å². The molecule has 1 amide bonds. The van der Waals surface area contributed by atoms with Gasteiger partial charge in [-0.2, -0.15) is 5.26 Å². The van der Waals surface area contributed by atoms with Crippen LogP contribution in [0.1, 0.15) is 23.6 Å². The largest absolute Gasteiger partial charge is 0.493 e. The van der Waals surface area contributed by atoms with Crippen LogP contribution in [0.3, 0.4) is 0 Å². The Labute approximate surface area is 168 Å². The molecule has 1 unspecified atom stereocenters. The third-order valence-electron chi connectivity index (χ3n) is 3.89. The minimum atomic E-state index is -0.964. The first-order valence-electron chi connectivity index (χ1n) is 8.35. The summed E-state index contributed by atoms with van der Waals surface area (Å²) in [6.07, 6.45) is 5.74. The molecule has 2 aromatic carbocycles. The van der Waals surface area contributed by atoms with Crippen LogP contribution in [0.2, 0.25) is 5.02 Å². The molecule has 0 saturated heterocycles. The Hall–Kier alpha value is -3.22. The van der Waals surface area contributed by atoms with Crippen LogP contribution in [-0.2, 0) is 11.2 Å². The molecular weight excluding hydrogens is 383 g/mol. The third-order valence-corrected chi connectivity index (χ3v) is 4.20. The third kappa shape index (κ3) is 5.64. The van der Waals surface area contributed by atoms with Crippen molar-refractivity contribution in [1.82, 2.24) is 5.32 Å². The minimum absolute atomic E-state index is 0.0459. The summed E-state index contributed by atoms with van der Waals surface area (Å²) in [7, 11) is 1.51. The summed E-state index contributed by atoms with van der Waals surface area (Å²) >= 11 is 5.64. The van der Waals surface area contributed by atoms with Gasteiger partial charge in [-0.1, -0.05) is 29.7 Å². The molecule has 0 aliphatic heterocycles. The molecule has 2 aromatic rings. The molecule has 1 N–H and O–H groups in total. The van der Waals surface area contributed by atoms with Gasteiger partial charge in [-0.25, -0.2) is 4.39 Å².